The molecule has 3 heteroatoms. The molecular formula is C18H23ClN2. The van der Waals surface area contributed by atoms with Crippen molar-refractivity contribution < 1.29 is 0 Å². The Labute approximate surface area is 131 Å². The number of allylic oxidation sites excluding steroid dienone is 4. The van der Waals surface area contributed by atoms with Crippen molar-refractivity contribution in [1.29, 1.82) is 0 Å². The predicted molar refractivity (Wildman–Crippen MR) is 91.8 cm³/mol. The summed E-state index contributed by atoms with van der Waals surface area (Å²) in [6.07, 6.45) is 5.20. The number of hydrogen-bond acceptors (Lipinski definition) is 1. The molecule has 2 rings (SSSR count). The second-order valence-electron chi connectivity index (χ2n) is 5.83. The highest BCUT2D eigenvalue weighted by Gasteiger charge is 2.01. The van der Waals surface area contributed by atoms with E-state index in [1.807, 2.05) is 6.92 Å². The summed E-state index contributed by atoms with van der Waals surface area (Å²) >= 11 is 6.19. The molecule has 0 unspecified atom stereocenters. The van der Waals surface area contributed by atoms with Gasteiger partial charge in [-0.05, 0) is 64.7 Å². The van der Waals surface area contributed by atoms with E-state index in [-0.39, 0.29) is 0 Å². The Balaban J connectivity index is 1.99. The molecule has 0 bridgehead atoms. The molecule has 0 fully saturated rings. The van der Waals surface area contributed by atoms with Gasteiger partial charge in [0.25, 0.3) is 0 Å². The molecular weight excluding hydrogens is 280 g/mol. The van der Waals surface area contributed by atoms with Crippen LogP contribution in [0, 0.1) is 6.92 Å². The van der Waals surface area contributed by atoms with Crippen LogP contribution in [0.15, 0.2) is 40.5 Å². The number of aromatic amines is 1. The largest absolute Gasteiger partial charge is 0.342 e. The number of benzene rings is 1. The Morgan fingerprint density at radius 1 is 1.24 bits per heavy atom. The molecule has 0 aliphatic heterocycles. The van der Waals surface area contributed by atoms with Crippen molar-refractivity contribution in [2.24, 2.45) is 0 Å². The molecule has 0 amide bonds. The van der Waals surface area contributed by atoms with E-state index < -0.39 is 0 Å². The number of imidazole rings is 1. The lowest BCUT2D eigenvalue weighted by atomic mass is 10.1. The number of nitrogens with one attached hydrogen (secondary N) is 1. The van der Waals surface area contributed by atoms with Crippen molar-refractivity contribution in [3.63, 3.8) is 0 Å². The van der Waals surface area contributed by atoms with Gasteiger partial charge in [0.15, 0.2) is 0 Å². The zero-order valence-corrected chi connectivity index (χ0v) is 14.0. The highest BCUT2D eigenvalue weighted by atomic mass is 35.5. The van der Waals surface area contributed by atoms with E-state index in [0.29, 0.717) is 0 Å². The second-order valence-corrected chi connectivity index (χ2v) is 6.29. The molecule has 0 saturated heterocycles. The highest BCUT2D eigenvalue weighted by molar-refractivity contribution is 6.29. The molecule has 1 N–H and O–H groups in total. The Morgan fingerprint density at radius 3 is 2.71 bits per heavy atom. The molecule has 2 nitrogen and oxygen atoms in total. The lowest BCUT2D eigenvalue weighted by molar-refractivity contribution is 0.941. The van der Waals surface area contributed by atoms with E-state index in [0.717, 1.165) is 41.2 Å². The van der Waals surface area contributed by atoms with Crippen LogP contribution in [-0.2, 0) is 6.42 Å². The Kier molecular flexibility index (Phi) is 5.24. The van der Waals surface area contributed by atoms with Crippen LogP contribution in [0.1, 0.15) is 45.0 Å². The summed E-state index contributed by atoms with van der Waals surface area (Å²) in [6, 6.07) is 6.41. The molecule has 0 spiro atoms. The smallest absolute Gasteiger partial charge is 0.104 e. The Morgan fingerprint density at radius 2 is 2.00 bits per heavy atom. The van der Waals surface area contributed by atoms with Crippen molar-refractivity contribution in [2.75, 3.05) is 0 Å². The molecule has 2 aromatic rings. The van der Waals surface area contributed by atoms with E-state index in [2.05, 4.69) is 55.0 Å². The van der Waals surface area contributed by atoms with Crippen LogP contribution in [0.3, 0.4) is 0 Å². The average Bonchev–Trinajstić information content (AvgIpc) is 2.81. The zero-order chi connectivity index (χ0) is 15.4. The van der Waals surface area contributed by atoms with E-state index in [1.165, 1.54) is 16.7 Å². The standard InChI is InChI=1S/C18H23ClN2/c1-12(2)16(19)9-6-13(3)5-7-15-8-10-17-18(11-15)21-14(4)20-17/h5,8,10-11H,6-7,9H2,1-4H3,(H,20,21). The number of rotatable bonds is 5. The molecule has 0 aliphatic rings. The minimum Gasteiger partial charge on any atom is -0.342 e. The van der Waals surface area contributed by atoms with Gasteiger partial charge in [0, 0.05) is 5.03 Å². The van der Waals surface area contributed by atoms with Crippen molar-refractivity contribution in [3.8, 4) is 0 Å². The minimum absolute atomic E-state index is 0.936. The zero-order valence-electron chi connectivity index (χ0n) is 13.3. The quantitative estimate of drug-likeness (QED) is 0.708. The number of fused-ring (bicyclic) bond motifs is 1. The van der Waals surface area contributed by atoms with Gasteiger partial charge in [0.2, 0.25) is 0 Å². The number of H-pyrrole nitrogens is 1. The molecule has 21 heavy (non-hydrogen) atoms. The minimum atomic E-state index is 0.936. The first-order valence-corrected chi connectivity index (χ1v) is 7.76. The summed E-state index contributed by atoms with van der Waals surface area (Å²) in [5.74, 6) is 0.963. The predicted octanol–water partition coefficient (Wildman–Crippen LogP) is 5.67. The van der Waals surface area contributed by atoms with Crippen LogP contribution < -0.4 is 0 Å². The van der Waals surface area contributed by atoms with Gasteiger partial charge >= 0.3 is 0 Å². The fourth-order valence-electron chi connectivity index (χ4n) is 2.26. The average molecular weight is 303 g/mol. The van der Waals surface area contributed by atoms with Gasteiger partial charge in [-0.15, -0.1) is 0 Å². The van der Waals surface area contributed by atoms with E-state index in [4.69, 9.17) is 11.6 Å². The fraction of sp³-hybridized carbons (Fsp3) is 0.389. The van der Waals surface area contributed by atoms with E-state index in [1.54, 1.807) is 0 Å². The van der Waals surface area contributed by atoms with E-state index >= 15 is 0 Å². The molecule has 1 aromatic heterocycles. The van der Waals surface area contributed by atoms with Gasteiger partial charge < -0.3 is 4.98 Å². The molecule has 0 aliphatic carbocycles. The fourth-order valence-corrected chi connectivity index (χ4v) is 2.36. The lowest BCUT2D eigenvalue weighted by Crippen LogP contribution is -1.86. The molecule has 0 radical (unpaired) electrons. The summed E-state index contributed by atoms with van der Waals surface area (Å²) in [5, 5.41) is 0.983. The SMILES string of the molecule is CC(=CCc1ccc2nc(C)[nH]c2c1)CCC(Cl)=C(C)C. The highest BCUT2D eigenvalue weighted by Crippen LogP contribution is 2.19. The summed E-state index contributed by atoms with van der Waals surface area (Å²) in [5.41, 5.74) is 6.05. The van der Waals surface area contributed by atoms with Crippen molar-refractivity contribution >= 4 is 22.6 Å². The van der Waals surface area contributed by atoms with E-state index in [9.17, 15) is 0 Å². The third-order valence-electron chi connectivity index (χ3n) is 3.63. The Bertz CT molecular complexity index is 688. The molecule has 1 heterocycles. The third kappa shape index (κ3) is 4.47. The van der Waals surface area contributed by atoms with Gasteiger partial charge in [0.05, 0.1) is 11.0 Å². The molecule has 0 atom stereocenters. The first-order valence-electron chi connectivity index (χ1n) is 7.38. The number of aryl methyl sites for hydroxylation is 1. The van der Waals surface area contributed by atoms with Gasteiger partial charge in [-0.1, -0.05) is 34.9 Å². The van der Waals surface area contributed by atoms with Crippen LogP contribution in [0.4, 0.5) is 0 Å². The van der Waals surface area contributed by atoms with Gasteiger partial charge in [-0.2, -0.15) is 0 Å². The Hall–Kier alpha value is -1.54. The van der Waals surface area contributed by atoms with Crippen molar-refractivity contribution in [1.82, 2.24) is 9.97 Å². The van der Waals surface area contributed by atoms with Gasteiger partial charge in [-0.3, -0.25) is 0 Å². The summed E-state index contributed by atoms with van der Waals surface area (Å²) in [6.45, 7) is 8.27. The summed E-state index contributed by atoms with van der Waals surface area (Å²) < 4.78 is 0. The molecule has 112 valence electrons. The van der Waals surface area contributed by atoms with Crippen LogP contribution in [0.2, 0.25) is 0 Å². The number of nitrogens with zero attached hydrogens (tertiary/aromatic N) is 1. The lowest BCUT2D eigenvalue weighted by Gasteiger charge is -2.03. The van der Waals surface area contributed by atoms with Crippen LogP contribution in [0.25, 0.3) is 11.0 Å². The second kappa shape index (κ2) is 6.95. The van der Waals surface area contributed by atoms with Gasteiger partial charge in [0.1, 0.15) is 5.82 Å². The maximum Gasteiger partial charge on any atom is 0.104 e. The summed E-state index contributed by atoms with van der Waals surface area (Å²) in [4.78, 5) is 7.71. The summed E-state index contributed by atoms with van der Waals surface area (Å²) in [7, 11) is 0. The monoisotopic (exact) mass is 302 g/mol. The third-order valence-corrected chi connectivity index (χ3v) is 4.20. The number of halogens is 1. The van der Waals surface area contributed by atoms with Gasteiger partial charge in [-0.25, -0.2) is 4.98 Å². The first-order chi connectivity index (χ1) is 9.95. The van der Waals surface area contributed by atoms with Crippen molar-refractivity contribution in [2.45, 2.75) is 47.0 Å². The maximum atomic E-state index is 6.19. The first kappa shape index (κ1) is 15.8. The van der Waals surface area contributed by atoms with Crippen LogP contribution >= 0.6 is 11.6 Å². The number of hydrogen-bond donors (Lipinski definition) is 1. The van der Waals surface area contributed by atoms with Crippen LogP contribution in [0.5, 0.6) is 0 Å². The molecule has 1 aromatic carbocycles. The maximum absolute atomic E-state index is 6.19. The topological polar surface area (TPSA) is 28.7 Å². The van der Waals surface area contributed by atoms with Crippen molar-refractivity contribution in [3.05, 3.63) is 51.8 Å². The normalized spacial score (nSPS) is 12.0. The number of aromatic nitrogens is 2. The molecule has 0 saturated carbocycles. The van der Waals surface area contributed by atoms with Crippen LogP contribution in [-0.4, -0.2) is 9.97 Å².